The third-order valence-electron chi connectivity index (χ3n) is 5.50. The fourth-order valence-electron chi connectivity index (χ4n) is 4.26. The summed E-state index contributed by atoms with van der Waals surface area (Å²) in [6, 6.07) is 6.17. The first-order valence-electron chi connectivity index (χ1n) is 8.50. The van der Waals surface area contributed by atoms with Crippen molar-refractivity contribution in [2.24, 2.45) is 18.9 Å². The first-order chi connectivity index (χ1) is 11.1. The molecule has 2 unspecified atom stereocenters. The van der Waals surface area contributed by atoms with E-state index in [2.05, 4.69) is 27.9 Å². The lowest BCUT2D eigenvalue weighted by Crippen LogP contribution is -2.27. The predicted octanol–water partition coefficient (Wildman–Crippen LogP) is 1.49. The Kier molecular flexibility index (Phi) is 3.41. The number of benzene rings is 1. The molecule has 2 fully saturated rings. The molecule has 5 nitrogen and oxygen atoms in total. The summed E-state index contributed by atoms with van der Waals surface area (Å²) in [6.07, 6.45) is 0.770. The van der Waals surface area contributed by atoms with Gasteiger partial charge in [-0.15, -0.1) is 0 Å². The van der Waals surface area contributed by atoms with Crippen LogP contribution in [-0.2, 0) is 13.5 Å². The predicted molar refractivity (Wildman–Crippen MR) is 93.1 cm³/mol. The van der Waals surface area contributed by atoms with Crippen molar-refractivity contribution < 1.29 is 0 Å². The fraction of sp³-hybridized carbons (Fsp3) is 0.556. The van der Waals surface area contributed by atoms with Gasteiger partial charge in [0.2, 0.25) is 0 Å². The molecule has 2 aliphatic heterocycles. The second-order valence-electron chi connectivity index (χ2n) is 7.09. The number of aryl methyl sites for hydroxylation is 1. The van der Waals surface area contributed by atoms with Gasteiger partial charge >= 0.3 is 0 Å². The third kappa shape index (κ3) is 2.34. The Hall–Kier alpha value is -1.88. The average Bonchev–Trinajstić information content (AvgIpc) is 3.07. The molecule has 3 heterocycles. The van der Waals surface area contributed by atoms with E-state index in [1.807, 2.05) is 26.1 Å². The number of aromatic nitrogens is 2. The van der Waals surface area contributed by atoms with Gasteiger partial charge in [-0.3, -0.25) is 9.36 Å². The third-order valence-corrected chi connectivity index (χ3v) is 5.50. The van der Waals surface area contributed by atoms with Gasteiger partial charge < -0.3 is 9.80 Å². The molecule has 0 N–H and O–H groups in total. The Bertz CT molecular complexity index is 799. The Labute approximate surface area is 136 Å². The van der Waals surface area contributed by atoms with Crippen molar-refractivity contribution in [2.75, 3.05) is 38.1 Å². The van der Waals surface area contributed by atoms with Crippen LogP contribution < -0.4 is 10.5 Å². The minimum absolute atomic E-state index is 0.0628. The van der Waals surface area contributed by atoms with E-state index in [9.17, 15) is 4.79 Å². The van der Waals surface area contributed by atoms with E-state index in [0.29, 0.717) is 0 Å². The van der Waals surface area contributed by atoms with Crippen LogP contribution in [0.1, 0.15) is 12.7 Å². The van der Waals surface area contributed by atoms with E-state index >= 15 is 0 Å². The summed E-state index contributed by atoms with van der Waals surface area (Å²) in [5, 5.41) is 0.733. The van der Waals surface area contributed by atoms with E-state index in [0.717, 1.165) is 53.8 Å². The molecule has 23 heavy (non-hydrogen) atoms. The maximum atomic E-state index is 12.6. The lowest BCUT2D eigenvalue weighted by atomic mass is 10.0. The highest BCUT2D eigenvalue weighted by atomic mass is 16.1. The molecule has 0 saturated carbocycles. The normalized spacial score (nSPS) is 24.6. The Morgan fingerprint density at radius 3 is 2.48 bits per heavy atom. The molecule has 0 aliphatic carbocycles. The minimum atomic E-state index is 0.0628. The van der Waals surface area contributed by atoms with Crippen LogP contribution in [0.5, 0.6) is 0 Å². The standard InChI is InChI=1S/C18H24N4O/c1-4-17-19-16-6-5-14(7-15(16)18(23)21(17)3)22-10-12-8-20(2)9-13(12)11-22/h5-7,12-13H,4,8-11H2,1-3H3. The first kappa shape index (κ1) is 14.7. The summed E-state index contributed by atoms with van der Waals surface area (Å²) in [6.45, 7) is 6.61. The lowest BCUT2D eigenvalue weighted by Gasteiger charge is -2.21. The highest BCUT2D eigenvalue weighted by molar-refractivity contribution is 5.82. The van der Waals surface area contributed by atoms with Gasteiger partial charge in [-0.25, -0.2) is 4.98 Å². The van der Waals surface area contributed by atoms with Gasteiger partial charge in [-0.1, -0.05) is 6.92 Å². The summed E-state index contributed by atoms with van der Waals surface area (Å²) in [4.78, 5) is 22.1. The second kappa shape index (κ2) is 5.34. The maximum Gasteiger partial charge on any atom is 0.261 e. The molecule has 2 saturated heterocycles. The highest BCUT2D eigenvalue weighted by Crippen LogP contribution is 2.33. The molecule has 0 amide bonds. The summed E-state index contributed by atoms with van der Waals surface area (Å²) in [5.74, 6) is 2.37. The molecule has 2 aliphatic rings. The second-order valence-corrected chi connectivity index (χ2v) is 7.09. The molecule has 0 bridgehead atoms. The van der Waals surface area contributed by atoms with Crippen LogP contribution in [0.25, 0.3) is 10.9 Å². The molecule has 5 heteroatoms. The number of hydrogen-bond acceptors (Lipinski definition) is 4. The number of fused-ring (bicyclic) bond motifs is 2. The highest BCUT2D eigenvalue weighted by Gasteiger charge is 2.38. The summed E-state index contributed by atoms with van der Waals surface area (Å²) >= 11 is 0. The molecule has 2 aromatic rings. The fourth-order valence-corrected chi connectivity index (χ4v) is 4.26. The topological polar surface area (TPSA) is 41.4 Å². The zero-order valence-electron chi connectivity index (χ0n) is 14.1. The van der Waals surface area contributed by atoms with Crippen molar-refractivity contribution in [3.63, 3.8) is 0 Å². The lowest BCUT2D eigenvalue weighted by molar-refractivity contribution is 0.387. The van der Waals surface area contributed by atoms with Crippen LogP contribution in [0.3, 0.4) is 0 Å². The van der Waals surface area contributed by atoms with Gasteiger partial charge in [-0.2, -0.15) is 0 Å². The SMILES string of the molecule is CCc1nc2ccc(N3CC4CN(C)CC4C3)cc2c(=O)n1C. The maximum absolute atomic E-state index is 12.6. The molecular formula is C18H24N4O. The molecule has 1 aromatic heterocycles. The molecule has 1 aromatic carbocycles. The van der Waals surface area contributed by atoms with Gasteiger partial charge in [0.05, 0.1) is 10.9 Å². The van der Waals surface area contributed by atoms with Crippen LogP contribution >= 0.6 is 0 Å². The van der Waals surface area contributed by atoms with Crippen molar-refractivity contribution in [2.45, 2.75) is 13.3 Å². The van der Waals surface area contributed by atoms with Crippen LogP contribution in [0, 0.1) is 11.8 Å². The summed E-state index contributed by atoms with van der Waals surface area (Å²) < 4.78 is 1.68. The van der Waals surface area contributed by atoms with Gasteiger partial charge in [0.25, 0.3) is 5.56 Å². The largest absolute Gasteiger partial charge is 0.371 e. The van der Waals surface area contributed by atoms with Crippen molar-refractivity contribution in [3.05, 3.63) is 34.4 Å². The molecular weight excluding hydrogens is 288 g/mol. The van der Waals surface area contributed by atoms with E-state index in [-0.39, 0.29) is 5.56 Å². The summed E-state index contributed by atoms with van der Waals surface area (Å²) in [5.41, 5.74) is 2.04. The Morgan fingerprint density at radius 2 is 1.83 bits per heavy atom. The average molecular weight is 312 g/mol. The van der Waals surface area contributed by atoms with Gasteiger partial charge in [0.1, 0.15) is 5.82 Å². The van der Waals surface area contributed by atoms with Crippen molar-refractivity contribution in [1.82, 2.24) is 14.5 Å². The number of hydrogen-bond donors (Lipinski definition) is 0. The molecule has 4 rings (SSSR count). The number of rotatable bonds is 2. The van der Waals surface area contributed by atoms with Crippen molar-refractivity contribution in [3.8, 4) is 0 Å². The van der Waals surface area contributed by atoms with Crippen LogP contribution in [0.2, 0.25) is 0 Å². The minimum Gasteiger partial charge on any atom is -0.371 e. The van der Waals surface area contributed by atoms with Gasteiger partial charge in [-0.05, 0) is 37.1 Å². The molecule has 122 valence electrons. The van der Waals surface area contributed by atoms with E-state index in [1.54, 1.807) is 4.57 Å². The van der Waals surface area contributed by atoms with Gasteiger partial charge in [0, 0.05) is 45.3 Å². The van der Waals surface area contributed by atoms with E-state index in [4.69, 9.17) is 0 Å². The Morgan fingerprint density at radius 1 is 1.13 bits per heavy atom. The molecule has 2 atom stereocenters. The van der Waals surface area contributed by atoms with E-state index in [1.165, 1.54) is 13.1 Å². The molecule has 0 radical (unpaired) electrons. The van der Waals surface area contributed by atoms with Gasteiger partial charge in [0.15, 0.2) is 0 Å². The quantitative estimate of drug-likeness (QED) is 0.842. The summed E-state index contributed by atoms with van der Waals surface area (Å²) in [7, 11) is 4.02. The van der Waals surface area contributed by atoms with E-state index < -0.39 is 0 Å². The zero-order chi connectivity index (χ0) is 16.1. The zero-order valence-corrected chi connectivity index (χ0v) is 14.1. The number of nitrogens with zero attached hydrogens (tertiary/aromatic N) is 4. The van der Waals surface area contributed by atoms with Crippen LogP contribution in [-0.4, -0.2) is 47.7 Å². The smallest absolute Gasteiger partial charge is 0.261 e. The van der Waals surface area contributed by atoms with Crippen LogP contribution in [0.4, 0.5) is 5.69 Å². The van der Waals surface area contributed by atoms with Crippen molar-refractivity contribution in [1.29, 1.82) is 0 Å². The first-order valence-corrected chi connectivity index (χ1v) is 8.50. The molecule has 0 spiro atoms. The number of likely N-dealkylation sites (tertiary alicyclic amines) is 1. The number of anilines is 1. The Balaban J connectivity index is 1.70. The van der Waals surface area contributed by atoms with Crippen LogP contribution in [0.15, 0.2) is 23.0 Å². The van der Waals surface area contributed by atoms with Crippen molar-refractivity contribution >= 4 is 16.6 Å². The monoisotopic (exact) mass is 312 g/mol.